The predicted molar refractivity (Wildman–Crippen MR) is 48.4 cm³/mol. The number of carboxylic acid groups (broad SMARTS) is 1. The number of carbonyl (C=O) groups is 1. The molecule has 74 valence electrons. The average molecular weight is 184 g/mol. The molecule has 1 unspecified atom stereocenters. The van der Waals surface area contributed by atoms with Crippen LogP contribution in [0.4, 0.5) is 4.79 Å². The number of hydrogen-bond acceptors (Lipinski definition) is 2. The normalized spacial score (nSPS) is 37.9. The first-order chi connectivity index (χ1) is 6.20. The van der Waals surface area contributed by atoms with Gasteiger partial charge in [-0.05, 0) is 37.1 Å². The van der Waals surface area contributed by atoms with Crippen LogP contribution in [0.3, 0.4) is 0 Å². The smallest absolute Gasteiger partial charge is 0.407 e. The lowest BCUT2D eigenvalue weighted by Crippen LogP contribution is -2.28. The molecule has 2 aliphatic rings. The molecule has 4 heteroatoms. The van der Waals surface area contributed by atoms with Gasteiger partial charge in [-0.1, -0.05) is 0 Å². The first kappa shape index (κ1) is 8.81. The minimum absolute atomic E-state index is 0.588. The summed E-state index contributed by atoms with van der Waals surface area (Å²) in [5.41, 5.74) is 5.60. The summed E-state index contributed by atoms with van der Waals surface area (Å²) < 4.78 is 0. The van der Waals surface area contributed by atoms with Crippen LogP contribution in [0, 0.1) is 17.8 Å². The van der Waals surface area contributed by atoms with Crippen molar-refractivity contribution in [2.45, 2.75) is 12.8 Å². The summed E-state index contributed by atoms with van der Waals surface area (Å²) >= 11 is 0. The lowest BCUT2D eigenvalue weighted by atomic mass is 10.0. The van der Waals surface area contributed by atoms with Crippen molar-refractivity contribution in [3.05, 3.63) is 0 Å². The zero-order valence-corrected chi connectivity index (χ0v) is 7.65. The third-order valence-corrected chi connectivity index (χ3v) is 3.45. The van der Waals surface area contributed by atoms with E-state index in [2.05, 4.69) is 0 Å². The molecule has 1 heterocycles. The topological polar surface area (TPSA) is 66.6 Å². The molecule has 3 N–H and O–H groups in total. The summed E-state index contributed by atoms with van der Waals surface area (Å²) in [6.07, 6.45) is 1.49. The second-order valence-corrected chi connectivity index (χ2v) is 4.28. The van der Waals surface area contributed by atoms with Crippen LogP contribution < -0.4 is 5.73 Å². The van der Waals surface area contributed by atoms with Gasteiger partial charge in [0.15, 0.2) is 0 Å². The van der Waals surface area contributed by atoms with Gasteiger partial charge in [-0.25, -0.2) is 4.79 Å². The van der Waals surface area contributed by atoms with E-state index in [1.54, 1.807) is 4.90 Å². The second kappa shape index (κ2) is 3.18. The molecular weight excluding hydrogens is 168 g/mol. The third-order valence-electron chi connectivity index (χ3n) is 3.45. The minimum Gasteiger partial charge on any atom is -0.465 e. The molecule has 4 nitrogen and oxygen atoms in total. The number of rotatable bonds is 1. The number of nitrogens with two attached hydrogens (primary N) is 1. The molecule has 2 fully saturated rings. The van der Waals surface area contributed by atoms with Gasteiger partial charge in [0.1, 0.15) is 0 Å². The molecule has 0 spiro atoms. The molecule has 0 radical (unpaired) electrons. The van der Waals surface area contributed by atoms with Crippen molar-refractivity contribution in [2.75, 3.05) is 19.6 Å². The number of nitrogens with zero attached hydrogens (tertiary/aromatic N) is 1. The number of amides is 1. The Labute approximate surface area is 77.7 Å². The third kappa shape index (κ3) is 1.50. The van der Waals surface area contributed by atoms with Gasteiger partial charge >= 0.3 is 6.09 Å². The second-order valence-electron chi connectivity index (χ2n) is 4.28. The summed E-state index contributed by atoms with van der Waals surface area (Å²) in [5.74, 6) is 1.82. The molecule has 2 rings (SSSR count). The van der Waals surface area contributed by atoms with Gasteiger partial charge in [-0.15, -0.1) is 0 Å². The van der Waals surface area contributed by atoms with Crippen molar-refractivity contribution in [1.29, 1.82) is 0 Å². The first-order valence-corrected chi connectivity index (χ1v) is 4.88. The Bertz CT molecular complexity index is 206. The van der Waals surface area contributed by atoms with E-state index in [0.717, 1.165) is 32.5 Å². The predicted octanol–water partition coefficient (Wildman–Crippen LogP) is 0.581. The van der Waals surface area contributed by atoms with Crippen molar-refractivity contribution >= 4 is 6.09 Å². The summed E-state index contributed by atoms with van der Waals surface area (Å²) in [4.78, 5) is 12.2. The average Bonchev–Trinajstić information content (AvgIpc) is 2.58. The van der Waals surface area contributed by atoms with Crippen LogP contribution in [0.5, 0.6) is 0 Å². The first-order valence-electron chi connectivity index (χ1n) is 4.88. The van der Waals surface area contributed by atoms with Gasteiger partial charge in [0.05, 0.1) is 0 Å². The molecule has 1 saturated heterocycles. The zero-order valence-electron chi connectivity index (χ0n) is 7.65. The Morgan fingerprint density at radius 3 is 2.31 bits per heavy atom. The zero-order chi connectivity index (χ0) is 9.42. The molecule has 1 saturated carbocycles. The van der Waals surface area contributed by atoms with E-state index in [9.17, 15) is 4.79 Å². The van der Waals surface area contributed by atoms with Crippen molar-refractivity contribution < 1.29 is 9.90 Å². The van der Waals surface area contributed by atoms with Crippen molar-refractivity contribution in [2.24, 2.45) is 23.5 Å². The highest BCUT2D eigenvalue weighted by Gasteiger charge is 2.41. The molecular formula is C9H16N2O2. The SMILES string of the molecule is NCC1C[C@@H]2CN(C(=O)O)C[C@@H]2C1. The molecule has 1 aliphatic heterocycles. The Hall–Kier alpha value is -0.770. The highest BCUT2D eigenvalue weighted by Crippen LogP contribution is 2.40. The monoisotopic (exact) mass is 184 g/mol. The van der Waals surface area contributed by atoms with Crippen LogP contribution in [0.15, 0.2) is 0 Å². The maximum Gasteiger partial charge on any atom is 0.407 e. The molecule has 0 bridgehead atoms. The molecule has 1 amide bonds. The van der Waals surface area contributed by atoms with E-state index in [-0.39, 0.29) is 0 Å². The standard InChI is InChI=1S/C9H16N2O2/c10-3-6-1-7-4-11(9(12)13)5-8(7)2-6/h6-8H,1-5,10H2,(H,12,13)/t6?,7-,8+. The number of likely N-dealkylation sites (tertiary alicyclic amines) is 1. The summed E-state index contributed by atoms with van der Waals surface area (Å²) in [5, 5.41) is 8.79. The van der Waals surface area contributed by atoms with E-state index in [4.69, 9.17) is 10.8 Å². The summed E-state index contributed by atoms with van der Waals surface area (Å²) in [6.45, 7) is 2.23. The van der Waals surface area contributed by atoms with E-state index in [0.29, 0.717) is 17.8 Å². The fourth-order valence-corrected chi connectivity index (χ4v) is 2.77. The van der Waals surface area contributed by atoms with E-state index in [1.807, 2.05) is 0 Å². The van der Waals surface area contributed by atoms with Gasteiger partial charge < -0.3 is 15.7 Å². The van der Waals surface area contributed by atoms with Crippen molar-refractivity contribution in [1.82, 2.24) is 4.90 Å². The maximum atomic E-state index is 10.7. The van der Waals surface area contributed by atoms with Crippen molar-refractivity contribution in [3.63, 3.8) is 0 Å². The number of fused-ring (bicyclic) bond motifs is 1. The quantitative estimate of drug-likeness (QED) is 0.626. The van der Waals surface area contributed by atoms with E-state index >= 15 is 0 Å². The largest absolute Gasteiger partial charge is 0.465 e. The Kier molecular flexibility index (Phi) is 2.15. The van der Waals surface area contributed by atoms with Crippen LogP contribution in [-0.4, -0.2) is 35.7 Å². The molecule has 3 atom stereocenters. The summed E-state index contributed by atoms with van der Waals surface area (Å²) in [7, 11) is 0. The Morgan fingerprint density at radius 1 is 1.38 bits per heavy atom. The van der Waals surface area contributed by atoms with Gasteiger partial charge in [0.2, 0.25) is 0 Å². The molecule has 1 aliphatic carbocycles. The fraction of sp³-hybridized carbons (Fsp3) is 0.889. The summed E-state index contributed by atoms with van der Waals surface area (Å²) in [6, 6.07) is 0. The van der Waals surface area contributed by atoms with E-state index < -0.39 is 6.09 Å². The molecule has 0 aromatic rings. The maximum absolute atomic E-state index is 10.7. The van der Waals surface area contributed by atoms with Crippen LogP contribution >= 0.6 is 0 Å². The van der Waals surface area contributed by atoms with E-state index in [1.165, 1.54) is 0 Å². The van der Waals surface area contributed by atoms with Gasteiger partial charge in [-0.3, -0.25) is 0 Å². The highest BCUT2D eigenvalue weighted by atomic mass is 16.4. The van der Waals surface area contributed by atoms with Gasteiger partial charge in [0.25, 0.3) is 0 Å². The van der Waals surface area contributed by atoms with Crippen LogP contribution in [-0.2, 0) is 0 Å². The Balaban J connectivity index is 1.93. The minimum atomic E-state index is -0.765. The van der Waals surface area contributed by atoms with Gasteiger partial charge in [0, 0.05) is 13.1 Å². The molecule has 0 aromatic heterocycles. The van der Waals surface area contributed by atoms with Crippen LogP contribution in [0.25, 0.3) is 0 Å². The lowest BCUT2D eigenvalue weighted by molar-refractivity contribution is 0.151. The van der Waals surface area contributed by atoms with Crippen molar-refractivity contribution in [3.8, 4) is 0 Å². The fourth-order valence-electron chi connectivity index (χ4n) is 2.77. The van der Waals surface area contributed by atoms with Crippen LogP contribution in [0.1, 0.15) is 12.8 Å². The van der Waals surface area contributed by atoms with Crippen LogP contribution in [0.2, 0.25) is 0 Å². The highest BCUT2D eigenvalue weighted by molar-refractivity contribution is 5.65. The lowest BCUT2D eigenvalue weighted by Gasteiger charge is -2.14. The molecule has 0 aromatic carbocycles. The Morgan fingerprint density at radius 2 is 1.92 bits per heavy atom. The molecule has 13 heavy (non-hydrogen) atoms. The number of hydrogen-bond donors (Lipinski definition) is 2. The van der Waals surface area contributed by atoms with Gasteiger partial charge in [-0.2, -0.15) is 0 Å².